The number of anilines is 2. The molecule has 1 aliphatic carbocycles. The van der Waals surface area contributed by atoms with Crippen LogP contribution >= 0.6 is 0 Å². The van der Waals surface area contributed by atoms with Crippen LogP contribution in [0.25, 0.3) is 0 Å². The van der Waals surface area contributed by atoms with Gasteiger partial charge in [-0.2, -0.15) is 0 Å². The molecule has 5 heteroatoms. The predicted octanol–water partition coefficient (Wildman–Crippen LogP) is 4.07. The Kier molecular flexibility index (Phi) is 4.79. The molecular formula is C22H26N2O3. The van der Waals surface area contributed by atoms with Crippen molar-refractivity contribution in [3.05, 3.63) is 53.1 Å². The van der Waals surface area contributed by atoms with Gasteiger partial charge in [-0.05, 0) is 67.9 Å². The minimum absolute atomic E-state index is 0.179. The molecule has 1 saturated carbocycles. The number of aryl methyl sites for hydroxylation is 1. The molecule has 0 unspecified atom stereocenters. The van der Waals surface area contributed by atoms with Gasteiger partial charge in [-0.15, -0.1) is 0 Å². The highest BCUT2D eigenvalue weighted by atomic mass is 16.5. The summed E-state index contributed by atoms with van der Waals surface area (Å²) in [6.45, 7) is 0.959. The molecule has 5 nitrogen and oxygen atoms in total. The lowest BCUT2D eigenvalue weighted by Crippen LogP contribution is -2.33. The van der Waals surface area contributed by atoms with Gasteiger partial charge in [0, 0.05) is 23.9 Å². The molecule has 0 bridgehead atoms. The van der Waals surface area contributed by atoms with Gasteiger partial charge in [-0.25, -0.2) is 0 Å². The van der Waals surface area contributed by atoms with E-state index in [2.05, 4.69) is 10.6 Å². The fourth-order valence-corrected chi connectivity index (χ4v) is 3.85. The van der Waals surface area contributed by atoms with Gasteiger partial charge in [0.1, 0.15) is 5.75 Å². The summed E-state index contributed by atoms with van der Waals surface area (Å²) < 4.78 is 5.49. The lowest BCUT2D eigenvalue weighted by atomic mass is 9.75. The second-order valence-corrected chi connectivity index (χ2v) is 7.51. The number of aliphatic hydroxyl groups is 1. The van der Waals surface area contributed by atoms with Gasteiger partial charge in [0.05, 0.1) is 18.4 Å². The van der Waals surface area contributed by atoms with E-state index < -0.39 is 5.60 Å². The Hall–Kier alpha value is -2.53. The third-order valence-electron chi connectivity index (χ3n) is 5.73. The largest absolute Gasteiger partial charge is 0.494 e. The maximum absolute atomic E-state index is 12.7. The molecule has 27 heavy (non-hydrogen) atoms. The van der Waals surface area contributed by atoms with Crippen LogP contribution in [-0.4, -0.2) is 24.7 Å². The van der Waals surface area contributed by atoms with Gasteiger partial charge in [-0.1, -0.05) is 12.1 Å². The summed E-state index contributed by atoms with van der Waals surface area (Å²) >= 11 is 0. The summed E-state index contributed by atoms with van der Waals surface area (Å²) in [6, 6.07) is 11.2. The second-order valence-electron chi connectivity index (χ2n) is 7.51. The van der Waals surface area contributed by atoms with Crippen molar-refractivity contribution in [3.63, 3.8) is 0 Å². The van der Waals surface area contributed by atoms with Crippen molar-refractivity contribution in [2.45, 2.75) is 44.1 Å². The molecular weight excluding hydrogens is 340 g/mol. The van der Waals surface area contributed by atoms with Crippen LogP contribution in [-0.2, 0) is 12.0 Å². The standard InChI is InChI=1S/C22H26N2O3/c1-27-20-14-18-16(5-2-3-12-23-18)13-19(20)24-21(25)15-6-8-17(9-7-15)22(26)10-4-11-22/h6-9,13-14,23,26H,2-5,10-12H2,1H3,(H,24,25). The maximum Gasteiger partial charge on any atom is 0.255 e. The normalized spacial score (nSPS) is 17.7. The van der Waals surface area contributed by atoms with Crippen molar-refractivity contribution in [1.29, 1.82) is 0 Å². The van der Waals surface area contributed by atoms with Gasteiger partial charge >= 0.3 is 0 Å². The number of nitrogens with one attached hydrogen (secondary N) is 2. The molecule has 0 radical (unpaired) electrons. The zero-order valence-corrected chi connectivity index (χ0v) is 15.7. The highest BCUT2D eigenvalue weighted by Gasteiger charge is 2.36. The van der Waals surface area contributed by atoms with Crippen LogP contribution in [0.5, 0.6) is 5.75 Å². The Bertz CT molecular complexity index is 841. The van der Waals surface area contributed by atoms with Crippen LogP contribution < -0.4 is 15.4 Å². The average Bonchev–Trinajstić information content (AvgIpc) is 2.90. The third-order valence-corrected chi connectivity index (χ3v) is 5.73. The van der Waals surface area contributed by atoms with Crippen LogP contribution in [0.4, 0.5) is 11.4 Å². The SMILES string of the molecule is COc1cc2c(cc1NC(=O)c1ccc(C3(O)CCC3)cc1)CCCCN2. The first kappa shape index (κ1) is 17.9. The molecule has 2 aliphatic rings. The minimum Gasteiger partial charge on any atom is -0.494 e. The fraction of sp³-hybridized carbons (Fsp3) is 0.409. The topological polar surface area (TPSA) is 70.6 Å². The molecule has 4 rings (SSSR count). The zero-order valence-electron chi connectivity index (χ0n) is 15.7. The second kappa shape index (κ2) is 7.24. The van der Waals surface area contributed by atoms with Crippen LogP contribution in [0.3, 0.4) is 0 Å². The Morgan fingerprint density at radius 2 is 1.93 bits per heavy atom. The van der Waals surface area contributed by atoms with Crippen molar-refractivity contribution in [1.82, 2.24) is 0 Å². The van der Waals surface area contributed by atoms with Crippen molar-refractivity contribution in [2.24, 2.45) is 0 Å². The van der Waals surface area contributed by atoms with Gasteiger partial charge in [0.2, 0.25) is 0 Å². The Balaban J connectivity index is 1.54. The summed E-state index contributed by atoms with van der Waals surface area (Å²) in [6.07, 6.45) is 5.88. The fourth-order valence-electron chi connectivity index (χ4n) is 3.85. The zero-order chi connectivity index (χ0) is 18.9. The van der Waals surface area contributed by atoms with Crippen molar-refractivity contribution < 1.29 is 14.6 Å². The molecule has 2 aromatic carbocycles. The predicted molar refractivity (Wildman–Crippen MR) is 107 cm³/mol. The van der Waals surface area contributed by atoms with Gasteiger partial charge in [0.15, 0.2) is 0 Å². The molecule has 0 saturated heterocycles. The monoisotopic (exact) mass is 366 g/mol. The van der Waals surface area contributed by atoms with E-state index in [1.165, 1.54) is 5.56 Å². The Morgan fingerprint density at radius 3 is 2.59 bits per heavy atom. The molecule has 0 spiro atoms. The van der Waals surface area contributed by atoms with E-state index in [4.69, 9.17) is 4.74 Å². The molecule has 2 aromatic rings. The first-order chi connectivity index (χ1) is 13.1. The van der Waals surface area contributed by atoms with Crippen LogP contribution in [0.2, 0.25) is 0 Å². The summed E-state index contributed by atoms with van der Waals surface area (Å²) in [5.74, 6) is 0.471. The number of ether oxygens (including phenoxy) is 1. The molecule has 0 atom stereocenters. The highest BCUT2D eigenvalue weighted by Crippen LogP contribution is 2.41. The van der Waals surface area contributed by atoms with Crippen molar-refractivity contribution in [2.75, 3.05) is 24.3 Å². The van der Waals surface area contributed by atoms with E-state index in [1.807, 2.05) is 24.3 Å². The number of benzene rings is 2. The highest BCUT2D eigenvalue weighted by molar-refractivity contribution is 6.05. The van der Waals surface area contributed by atoms with Crippen molar-refractivity contribution in [3.8, 4) is 5.75 Å². The summed E-state index contributed by atoms with van der Waals surface area (Å²) in [4.78, 5) is 12.7. The average molecular weight is 366 g/mol. The molecule has 1 aliphatic heterocycles. The molecule has 1 amide bonds. The quantitative estimate of drug-likeness (QED) is 0.763. The van der Waals surface area contributed by atoms with Gasteiger partial charge < -0.3 is 20.5 Å². The minimum atomic E-state index is -0.706. The van der Waals surface area contributed by atoms with Gasteiger partial charge in [0.25, 0.3) is 5.91 Å². The molecule has 0 aromatic heterocycles. The van der Waals surface area contributed by atoms with E-state index in [1.54, 1.807) is 19.2 Å². The van der Waals surface area contributed by atoms with Crippen LogP contribution in [0, 0.1) is 0 Å². The summed E-state index contributed by atoms with van der Waals surface area (Å²) in [5, 5.41) is 16.8. The number of hydrogen-bond acceptors (Lipinski definition) is 4. The number of fused-ring (bicyclic) bond motifs is 1. The number of hydrogen-bond donors (Lipinski definition) is 3. The van der Waals surface area contributed by atoms with E-state index >= 15 is 0 Å². The number of rotatable bonds is 4. The first-order valence-corrected chi connectivity index (χ1v) is 9.68. The maximum atomic E-state index is 12.7. The number of carbonyl (C=O) groups is 1. The third kappa shape index (κ3) is 3.52. The Labute approximate surface area is 159 Å². The number of amides is 1. The number of methoxy groups -OCH3 is 1. The smallest absolute Gasteiger partial charge is 0.255 e. The van der Waals surface area contributed by atoms with Crippen molar-refractivity contribution >= 4 is 17.3 Å². The molecule has 1 fully saturated rings. The molecule has 3 N–H and O–H groups in total. The molecule has 142 valence electrons. The van der Waals surface area contributed by atoms with Crippen LogP contribution in [0.1, 0.15) is 53.6 Å². The summed E-state index contributed by atoms with van der Waals surface area (Å²) in [5.41, 5.74) is 3.72. The van der Waals surface area contributed by atoms with E-state index in [9.17, 15) is 9.90 Å². The Morgan fingerprint density at radius 1 is 1.15 bits per heavy atom. The first-order valence-electron chi connectivity index (χ1n) is 9.68. The van der Waals surface area contributed by atoms with E-state index in [0.717, 1.165) is 56.3 Å². The summed E-state index contributed by atoms with van der Waals surface area (Å²) in [7, 11) is 1.61. The lowest BCUT2D eigenvalue weighted by molar-refractivity contribution is -0.0388. The molecule has 1 heterocycles. The van der Waals surface area contributed by atoms with Gasteiger partial charge in [-0.3, -0.25) is 4.79 Å². The van der Waals surface area contributed by atoms with E-state index in [-0.39, 0.29) is 5.91 Å². The van der Waals surface area contributed by atoms with E-state index in [0.29, 0.717) is 17.0 Å². The number of carbonyl (C=O) groups excluding carboxylic acids is 1. The van der Waals surface area contributed by atoms with Crippen LogP contribution in [0.15, 0.2) is 36.4 Å². The lowest BCUT2D eigenvalue weighted by Gasteiger charge is -2.37.